The Labute approximate surface area is 299 Å². The fourth-order valence-electron chi connectivity index (χ4n) is 6.32. The molecule has 0 spiro atoms. The van der Waals surface area contributed by atoms with Crippen molar-refractivity contribution in [2.75, 3.05) is 0 Å². The highest BCUT2D eigenvalue weighted by molar-refractivity contribution is 5.69. The van der Waals surface area contributed by atoms with Crippen LogP contribution in [-0.4, -0.2) is 23.1 Å². The van der Waals surface area contributed by atoms with Gasteiger partial charge in [-0.25, -0.2) is 0 Å². The SMILES string of the molecule is CC/C=C\C/C=C\C/C=C\CCCCCCCCCC(=O)OC(CCCCCCCCCCC)CCCCCCCCCCCC(=O)O. The highest BCUT2D eigenvalue weighted by atomic mass is 16.5. The first-order chi connectivity index (χ1) is 23.6. The molecule has 0 radical (unpaired) electrons. The van der Waals surface area contributed by atoms with E-state index in [1.807, 2.05) is 0 Å². The predicted octanol–water partition coefficient (Wildman–Crippen LogP) is 14.6. The zero-order valence-corrected chi connectivity index (χ0v) is 32.0. The number of hydrogen-bond donors (Lipinski definition) is 1. The normalized spacial score (nSPS) is 12.5. The molecule has 280 valence electrons. The zero-order chi connectivity index (χ0) is 35.0. The number of allylic oxidation sites excluding steroid dienone is 6. The van der Waals surface area contributed by atoms with Gasteiger partial charge in [-0.1, -0.05) is 179 Å². The van der Waals surface area contributed by atoms with Crippen LogP contribution in [0, 0.1) is 0 Å². The minimum atomic E-state index is -0.678. The summed E-state index contributed by atoms with van der Waals surface area (Å²) >= 11 is 0. The molecule has 0 aliphatic rings. The van der Waals surface area contributed by atoms with Gasteiger partial charge in [0.25, 0.3) is 0 Å². The number of aliphatic carboxylic acids is 1. The molecule has 0 saturated carbocycles. The van der Waals surface area contributed by atoms with E-state index >= 15 is 0 Å². The van der Waals surface area contributed by atoms with Crippen molar-refractivity contribution < 1.29 is 19.4 Å². The van der Waals surface area contributed by atoms with Crippen LogP contribution < -0.4 is 0 Å². The lowest BCUT2D eigenvalue weighted by Gasteiger charge is -2.18. The van der Waals surface area contributed by atoms with Gasteiger partial charge in [0.1, 0.15) is 6.10 Å². The number of unbranched alkanes of at least 4 members (excludes halogenated alkanes) is 23. The maximum Gasteiger partial charge on any atom is 0.306 e. The van der Waals surface area contributed by atoms with E-state index in [-0.39, 0.29) is 12.1 Å². The number of carbonyl (C=O) groups is 2. The molecule has 1 atom stereocenters. The number of rotatable bonds is 38. The third-order valence-electron chi connectivity index (χ3n) is 9.38. The molecule has 0 bridgehead atoms. The van der Waals surface area contributed by atoms with Crippen molar-refractivity contribution in [2.45, 2.75) is 232 Å². The molecular formula is C44H80O4. The minimum absolute atomic E-state index is 0.0258. The summed E-state index contributed by atoms with van der Waals surface area (Å²) in [6.07, 6.45) is 51.7. The quantitative estimate of drug-likeness (QED) is 0.0403. The molecule has 48 heavy (non-hydrogen) atoms. The molecule has 1 N–H and O–H groups in total. The van der Waals surface area contributed by atoms with Gasteiger partial charge >= 0.3 is 11.9 Å². The number of esters is 1. The van der Waals surface area contributed by atoms with Gasteiger partial charge in [-0.2, -0.15) is 0 Å². The molecule has 0 rings (SSSR count). The molecule has 0 aromatic carbocycles. The van der Waals surface area contributed by atoms with Crippen molar-refractivity contribution in [3.63, 3.8) is 0 Å². The molecule has 0 aliphatic heterocycles. The molecule has 1 unspecified atom stereocenters. The number of carboxylic acid groups (broad SMARTS) is 1. The first-order valence-corrected chi connectivity index (χ1v) is 21.0. The number of hydrogen-bond acceptors (Lipinski definition) is 3. The molecule has 4 heteroatoms. The lowest BCUT2D eigenvalue weighted by molar-refractivity contribution is -0.150. The molecule has 4 nitrogen and oxygen atoms in total. The molecule has 0 aliphatic carbocycles. The summed E-state index contributed by atoms with van der Waals surface area (Å²) in [5, 5.41) is 8.74. The summed E-state index contributed by atoms with van der Waals surface area (Å²) in [5.41, 5.74) is 0. The average molecular weight is 673 g/mol. The van der Waals surface area contributed by atoms with Gasteiger partial charge in [-0.3, -0.25) is 9.59 Å². The Balaban J connectivity index is 4.05. The second-order valence-electron chi connectivity index (χ2n) is 14.2. The van der Waals surface area contributed by atoms with Crippen molar-refractivity contribution in [1.82, 2.24) is 0 Å². The molecule has 0 saturated heterocycles. The largest absolute Gasteiger partial charge is 0.481 e. The van der Waals surface area contributed by atoms with Crippen LogP contribution in [0.1, 0.15) is 226 Å². The van der Waals surface area contributed by atoms with Gasteiger partial charge in [-0.15, -0.1) is 0 Å². The maximum atomic E-state index is 12.7. The van der Waals surface area contributed by atoms with Crippen LogP contribution in [0.2, 0.25) is 0 Å². The number of carbonyl (C=O) groups excluding carboxylic acids is 1. The molecule has 0 heterocycles. The van der Waals surface area contributed by atoms with E-state index in [2.05, 4.69) is 50.3 Å². The van der Waals surface area contributed by atoms with Crippen LogP contribution in [0.15, 0.2) is 36.5 Å². The fraction of sp³-hybridized carbons (Fsp3) is 0.818. The van der Waals surface area contributed by atoms with Crippen LogP contribution in [0.5, 0.6) is 0 Å². The highest BCUT2D eigenvalue weighted by Gasteiger charge is 2.14. The third kappa shape index (κ3) is 38.6. The Kier molecular flexibility index (Phi) is 38.1. The standard InChI is InChI=1S/C44H80O4/c1-3-5-7-9-11-13-14-15-16-17-18-19-20-25-29-33-37-41-44(47)48-42(38-34-30-26-22-12-10-8-6-4-2)39-35-31-27-23-21-24-28-32-36-40-43(45)46/h5,7,11,13,15-16,42H,3-4,6,8-10,12,14,17-41H2,1-2H3,(H,45,46)/b7-5-,13-11-,16-15-. The van der Waals surface area contributed by atoms with Crippen molar-refractivity contribution in [1.29, 1.82) is 0 Å². The van der Waals surface area contributed by atoms with E-state index in [4.69, 9.17) is 9.84 Å². The van der Waals surface area contributed by atoms with Gasteiger partial charge in [0.05, 0.1) is 0 Å². The van der Waals surface area contributed by atoms with Crippen LogP contribution in [0.4, 0.5) is 0 Å². The van der Waals surface area contributed by atoms with Gasteiger partial charge in [0, 0.05) is 12.8 Å². The summed E-state index contributed by atoms with van der Waals surface area (Å²) in [5.74, 6) is -0.652. The Morgan fingerprint density at radius 2 is 0.875 bits per heavy atom. The average Bonchev–Trinajstić information content (AvgIpc) is 3.07. The van der Waals surface area contributed by atoms with Crippen LogP contribution in [-0.2, 0) is 14.3 Å². The molecule has 0 aromatic rings. The van der Waals surface area contributed by atoms with E-state index in [9.17, 15) is 9.59 Å². The first kappa shape index (κ1) is 46.2. The molecule has 0 fully saturated rings. The fourth-order valence-corrected chi connectivity index (χ4v) is 6.32. The lowest BCUT2D eigenvalue weighted by atomic mass is 10.0. The maximum absolute atomic E-state index is 12.7. The van der Waals surface area contributed by atoms with Crippen molar-refractivity contribution in [2.24, 2.45) is 0 Å². The molecular weight excluding hydrogens is 592 g/mol. The van der Waals surface area contributed by atoms with Crippen LogP contribution >= 0.6 is 0 Å². The Morgan fingerprint density at radius 3 is 1.35 bits per heavy atom. The van der Waals surface area contributed by atoms with E-state index in [1.165, 1.54) is 128 Å². The predicted molar refractivity (Wildman–Crippen MR) is 209 cm³/mol. The third-order valence-corrected chi connectivity index (χ3v) is 9.38. The van der Waals surface area contributed by atoms with E-state index in [0.717, 1.165) is 70.6 Å². The second-order valence-corrected chi connectivity index (χ2v) is 14.2. The van der Waals surface area contributed by atoms with Crippen molar-refractivity contribution in [3.05, 3.63) is 36.5 Å². The number of ether oxygens (including phenoxy) is 1. The lowest BCUT2D eigenvalue weighted by Crippen LogP contribution is -2.18. The Morgan fingerprint density at radius 1 is 0.479 bits per heavy atom. The minimum Gasteiger partial charge on any atom is -0.481 e. The van der Waals surface area contributed by atoms with Gasteiger partial charge in [0.15, 0.2) is 0 Å². The van der Waals surface area contributed by atoms with Crippen LogP contribution in [0.25, 0.3) is 0 Å². The topological polar surface area (TPSA) is 63.6 Å². The zero-order valence-electron chi connectivity index (χ0n) is 32.0. The summed E-state index contributed by atoms with van der Waals surface area (Å²) in [7, 11) is 0. The van der Waals surface area contributed by atoms with E-state index in [1.54, 1.807) is 0 Å². The Bertz CT molecular complexity index is 768. The Hall–Kier alpha value is -1.84. The highest BCUT2D eigenvalue weighted by Crippen LogP contribution is 2.19. The molecule has 0 aromatic heterocycles. The van der Waals surface area contributed by atoms with Crippen molar-refractivity contribution >= 4 is 11.9 Å². The number of carboxylic acids is 1. The monoisotopic (exact) mass is 673 g/mol. The van der Waals surface area contributed by atoms with E-state index < -0.39 is 5.97 Å². The summed E-state index contributed by atoms with van der Waals surface area (Å²) < 4.78 is 6.06. The molecule has 0 amide bonds. The second kappa shape index (κ2) is 39.6. The van der Waals surface area contributed by atoms with Crippen molar-refractivity contribution in [3.8, 4) is 0 Å². The summed E-state index contributed by atoms with van der Waals surface area (Å²) in [6.45, 7) is 4.44. The van der Waals surface area contributed by atoms with Gasteiger partial charge in [0.2, 0.25) is 0 Å². The first-order valence-electron chi connectivity index (χ1n) is 21.0. The van der Waals surface area contributed by atoms with Crippen LogP contribution in [0.3, 0.4) is 0 Å². The summed E-state index contributed by atoms with van der Waals surface area (Å²) in [4.78, 5) is 23.3. The summed E-state index contributed by atoms with van der Waals surface area (Å²) in [6, 6.07) is 0. The van der Waals surface area contributed by atoms with Gasteiger partial charge in [-0.05, 0) is 70.6 Å². The smallest absolute Gasteiger partial charge is 0.306 e. The van der Waals surface area contributed by atoms with E-state index in [0.29, 0.717) is 12.8 Å². The van der Waals surface area contributed by atoms with Gasteiger partial charge < -0.3 is 9.84 Å².